The highest BCUT2D eigenvalue weighted by molar-refractivity contribution is 5.44. The van der Waals surface area contributed by atoms with Crippen molar-refractivity contribution in [2.75, 3.05) is 11.9 Å². The molecule has 96 valence electrons. The SMILES string of the molecule is Cc1cccc2nc(NCCC3CCCC3)nn12. The molecule has 0 amide bonds. The average Bonchev–Trinajstić information content (AvgIpc) is 2.98. The highest BCUT2D eigenvalue weighted by Gasteiger charge is 2.14. The molecule has 3 rings (SSSR count). The minimum atomic E-state index is 0.752. The van der Waals surface area contributed by atoms with Gasteiger partial charge in [-0.1, -0.05) is 31.7 Å². The summed E-state index contributed by atoms with van der Waals surface area (Å²) in [5.74, 6) is 1.67. The van der Waals surface area contributed by atoms with E-state index < -0.39 is 0 Å². The molecule has 2 aromatic rings. The van der Waals surface area contributed by atoms with Crippen LogP contribution in [0.4, 0.5) is 5.95 Å². The summed E-state index contributed by atoms with van der Waals surface area (Å²) in [6, 6.07) is 6.05. The van der Waals surface area contributed by atoms with Gasteiger partial charge in [0.15, 0.2) is 5.65 Å². The van der Waals surface area contributed by atoms with Crippen LogP contribution in [0.5, 0.6) is 0 Å². The largest absolute Gasteiger partial charge is 0.353 e. The van der Waals surface area contributed by atoms with Gasteiger partial charge in [-0.15, -0.1) is 5.10 Å². The minimum absolute atomic E-state index is 0.752. The third-order valence-electron chi connectivity index (χ3n) is 3.86. The first-order chi connectivity index (χ1) is 8.83. The van der Waals surface area contributed by atoms with Gasteiger partial charge in [0, 0.05) is 12.2 Å². The summed E-state index contributed by atoms with van der Waals surface area (Å²) in [6.45, 7) is 3.03. The van der Waals surface area contributed by atoms with Crippen molar-refractivity contribution < 1.29 is 0 Å². The van der Waals surface area contributed by atoms with E-state index in [9.17, 15) is 0 Å². The Morgan fingerprint density at radius 3 is 2.94 bits per heavy atom. The topological polar surface area (TPSA) is 42.2 Å². The van der Waals surface area contributed by atoms with Crippen molar-refractivity contribution >= 4 is 11.6 Å². The van der Waals surface area contributed by atoms with Crippen molar-refractivity contribution in [3.8, 4) is 0 Å². The van der Waals surface area contributed by atoms with Crippen molar-refractivity contribution in [1.82, 2.24) is 14.6 Å². The van der Waals surface area contributed by atoms with Crippen LogP contribution in [0.2, 0.25) is 0 Å². The predicted octanol–water partition coefficient (Wildman–Crippen LogP) is 3.03. The molecule has 4 heteroatoms. The van der Waals surface area contributed by atoms with Crippen LogP contribution in [-0.2, 0) is 0 Å². The number of rotatable bonds is 4. The highest BCUT2D eigenvalue weighted by Crippen LogP contribution is 2.27. The van der Waals surface area contributed by atoms with Crippen LogP contribution < -0.4 is 5.32 Å². The van der Waals surface area contributed by atoms with E-state index in [2.05, 4.69) is 15.4 Å². The van der Waals surface area contributed by atoms with Crippen molar-refractivity contribution in [3.63, 3.8) is 0 Å². The first-order valence-corrected chi connectivity index (χ1v) is 6.89. The molecule has 1 aliphatic carbocycles. The fourth-order valence-electron chi connectivity index (χ4n) is 2.80. The molecule has 1 aliphatic rings. The van der Waals surface area contributed by atoms with Gasteiger partial charge >= 0.3 is 0 Å². The number of nitrogens with zero attached hydrogens (tertiary/aromatic N) is 3. The van der Waals surface area contributed by atoms with Gasteiger partial charge < -0.3 is 5.32 Å². The van der Waals surface area contributed by atoms with Crippen LogP contribution in [0.15, 0.2) is 18.2 Å². The normalized spacial score (nSPS) is 16.5. The van der Waals surface area contributed by atoms with Crippen molar-refractivity contribution in [2.45, 2.75) is 39.0 Å². The van der Waals surface area contributed by atoms with E-state index in [-0.39, 0.29) is 0 Å². The second kappa shape index (κ2) is 4.96. The van der Waals surface area contributed by atoms with Gasteiger partial charge in [-0.2, -0.15) is 4.98 Å². The molecule has 0 unspecified atom stereocenters. The molecule has 2 aromatic heterocycles. The molecular weight excluding hydrogens is 224 g/mol. The Morgan fingerprint density at radius 2 is 2.17 bits per heavy atom. The van der Waals surface area contributed by atoms with Crippen LogP contribution >= 0.6 is 0 Å². The molecule has 18 heavy (non-hydrogen) atoms. The van der Waals surface area contributed by atoms with Gasteiger partial charge in [-0.25, -0.2) is 4.52 Å². The van der Waals surface area contributed by atoms with Gasteiger partial charge in [0.25, 0.3) is 0 Å². The van der Waals surface area contributed by atoms with E-state index in [1.807, 2.05) is 29.6 Å². The molecule has 0 aromatic carbocycles. The predicted molar refractivity (Wildman–Crippen MR) is 72.8 cm³/mol. The lowest BCUT2D eigenvalue weighted by molar-refractivity contribution is 0.518. The zero-order valence-electron chi connectivity index (χ0n) is 10.9. The van der Waals surface area contributed by atoms with Crippen molar-refractivity contribution in [2.24, 2.45) is 5.92 Å². The summed E-state index contributed by atoms with van der Waals surface area (Å²) < 4.78 is 1.89. The second-order valence-corrected chi connectivity index (χ2v) is 5.24. The van der Waals surface area contributed by atoms with Gasteiger partial charge in [0.1, 0.15) is 0 Å². The third kappa shape index (κ3) is 2.33. The Labute approximate surface area is 107 Å². The van der Waals surface area contributed by atoms with Gasteiger partial charge in [0.2, 0.25) is 5.95 Å². The summed E-state index contributed by atoms with van der Waals surface area (Å²) >= 11 is 0. The van der Waals surface area contributed by atoms with E-state index in [0.29, 0.717) is 0 Å². The van der Waals surface area contributed by atoms with Crippen LogP contribution in [0.1, 0.15) is 37.8 Å². The lowest BCUT2D eigenvalue weighted by Crippen LogP contribution is -2.07. The third-order valence-corrected chi connectivity index (χ3v) is 3.86. The quantitative estimate of drug-likeness (QED) is 0.899. The summed E-state index contributed by atoms with van der Waals surface area (Å²) in [5.41, 5.74) is 2.03. The summed E-state index contributed by atoms with van der Waals surface area (Å²) in [7, 11) is 0. The van der Waals surface area contributed by atoms with Gasteiger partial charge in [0.05, 0.1) is 0 Å². The Kier molecular flexibility index (Phi) is 3.17. The zero-order valence-corrected chi connectivity index (χ0v) is 10.9. The van der Waals surface area contributed by atoms with Crippen molar-refractivity contribution in [1.29, 1.82) is 0 Å². The van der Waals surface area contributed by atoms with E-state index in [4.69, 9.17) is 0 Å². The number of hydrogen-bond donors (Lipinski definition) is 1. The molecular formula is C14H20N4. The van der Waals surface area contributed by atoms with E-state index >= 15 is 0 Å². The summed E-state index contributed by atoms with van der Waals surface area (Å²) in [6.07, 6.45) is 6.88. The molecule has 0 atom stereocenters. The van der Waals surface area contributed by atoms with Gasteiger partial charge in [-0.3, -0.25) is 0 Å². The zero-order chi connectivity index (χ0) is 12.4. The Bertz CT molecular complexity index is 526. The highest BCUT2D eigenvalue weighted by atomic mass is 15.3. The number of anilines is 1. The molecule has 0 bridgehead atoms. The lowest BCUT2D eigenvalue weighted by atomic mass is 10.0. The van der Waals surface area contributed by atoms with Gasteiger partial charge in [-0.05, 0) is 31.4 Å². The van der Waals surface area contributed by atoms with Crippen molar-refractivity contribution in [3.05, 3.63) is 23.9 Å². The maximum absolute atomic E-state index is 4.48. The molecule has 0 aliphatic heterocycles. The average molecular weight is 244 g/mol. The van der Waals surface area contributed by atoms with Crippen LogP contribution in [0.25, 0.3) is 5.65 Å². The number of hydrogen-bond acceptors (Lipinski definition) is 3. The maximum atomic E-state index is 4.48. The Balaban J connectivity index is 1.62. The standard InChI is InChI=1S/C14H20N4/c1-11-5-4-8-13-16-14(17-18(11)13)15-10-9-12-6-2-3-7-12/h4-5,8,12H,2-3,6-7,9-10H2,1H3,(H,15,17). The van der Waals surface area contributed by atoms with Crippen LogP contribution in [0, 0.1) is 12.8 Å². The molecule has 4 nitrogen and oxygen atoms in total. The smallest absolute Gasteiger partial charge is 0.243 e. The fraction of sp³-hybridized carbons (Fsp3) is 0.571. The van der Waals surface area contributed by atoms with Crippen LogP contribution in [-0.4, -0.2) is 21.1 Å². The number of aromatic nitrogens is 3. The first kappa shape index (κ1) is 11.5. The molecule has 0 saturated heterocycles. The number of aryl methyl sites for hydroxylation is 1. The Hall–Kier alpha value is -1.58. The molecule has 2 heterocycles. The fourth-order valence-corrected chi connectivity index (χ4v) is 2.80. The molecule has 1 fully saturated rings. The molecule has 1 N–H and O–H groups in total. The number of pyridine rings is 1. The monoisotopic (exact) mass is 244 g/mol. The molecule has 0 radical (unpaired) electrons. The first-order valence-electron chi connectivity index (χ1n) is 6.89. The van der Waals surface area contributed by atoms with E-state index in [0.717, 1.165) is 29.8 Å². The van der Waals surface area contributed by atoms with E-state index in [1.54, 1.807) is 0 Å². The van der Waals surface area contributed by atoms with Crippen LogP contribution in [0.3, 0.4) is 0 Å². The Morgan fingerprint density at radius 1 is 1.33 bits per heavy atom. The molecule has 1 saturated carbocycles. The van der Waals surface area contributed by atoms with E-state index in [1.165, 1.54) is 32.1 Å². The lowest BCUT2D eigenvalue weighted by Gasteiger charge is -2.07. The number of fused-ring (bicyclic) bond motifs is 1. The number of nitrogens with one attached hydrogen (secondary N) is 1. The minimum Gasteiger partial charge on any atom is -0.353 e. The molecule has 0 spiro atoms. The summed E-state index contributed by atoms with van der Waals surface area (Å²) in [4.78, 5) is 4.48. The maximum Gasteiger partial charge on any atom is 0.243 e. The summed E-state index contributed by atoms with van der Waals surface area (Å²) in [5, 5.41) is 7.82. The second-order valence-electron chi connectivity index (χ2n) is 5.24.